The molecule has 2 heterocycles. The van der Waals surface area contributed by atoms with Crippen LogP contribution in [-0.4, -0.2) is 14.8 Å². The van der Waals surface area contributed by atoms with Gasteiger partial charge in [0.15, 0.2) is 5.75 Å². The van der Waals surface area contributed by atoms with Crippen LogP contribution in [-0.2, 0) is 12.7 Å². The Kier molecular flexibility index (Phi) is 4.17. The van der Waals surface area contributed by atoms with Crippen LogP contribution in [0, 0.1) is 0 Å². The van der Waals surface area contributed by atoms with Gasteiger partial charge in [0, 0.05) is 12.6 Å². The second-order valence-corrected chi connectivity index (χ2v) is 4.44. The van der Waals surface area contributed by atoms with Gasteiger partial charge in [-0.05, 0) is 12.5 Å². The predicted molar refractivity (Wildman–Crippen MR) is 66.8 cm³/mol. The van der Waals surface area contributed by atoms with Gasteiger partial charge >= 0.3 is 6.18 Å². The summed E-state index contributed by atoms with van der Waals surface area (Å²) in [5.41, 5.74) is -0.909. The Hall–Kier alpha value is -1.76. The molecule has 0 fully saturated rings. The Bertz CT molecular complexity index is 598. The lowest BCUT2D eigenvalue weighted by molar-refractivity contribution is -0.137. The summed E-state index contributed by atoms with van der Waals surface area (Å²) < 4.78 is 44.8. The minimum absolute atomic E-state index is 0.221. The third-order valence-corrected chi connectivity index (χ3v) is 2.58. The average molecular weight is 306 g/mol. The zero-order valence-corrected chi connectivity index (χ0v) is 11.2. The van der Waals surface area contributed by atoms with Crippen molar-refractivity contribution in [2.75, 3.05) is 0 Å². The van der Waals surface area contributed by atoms with Crippen LogP contribution in [0.4, 0.5) is 13.2 Å². The number of ether oxygens (including phenoxy) is 1. The highest BCUT2D eigenvalue weighted by atomic mass is 35.5. The van der Waals surface area contributed by atoms with Gasteiger partial charge in [-0.2, -0.15) is 18.3 Å². The van der Waals surface area contributed by atoms with Crippen molar-refractivity contribution in [2.24, 2.45) is 0 Å². The third-order valence-electron chi connectivity index (χ3n) is 2.38. The second kappa shape index (κ2) is 5.70. The molecule has 0 atom stereocenters. The standard InChI is InChI=1S/C12H11ClF3N3O/c1-2-3-19-7-9(6-17-19)20-11-5-8(12(14,15)16)4-10(13)18-11/h4-7H,2-3H2,1H3. The zero-order valence-electron chi connectivity index (χ0n) is 10.5. The maximum absolute atomic E-state index is 12.6. The van der Waals surface area contributed by atoms with Gasteiger partial charge in [-0.25, -0.2) is 4.98 Å². The Morgan fingerprint density at radius 1 is 1.35 bits per heavy atom. The number of alkyl halides is 3. The first-order valence-corrected chi connectivity index (χ1v) is 6.21. The number of nitrogens with zero attached hydrogens (tertiary/aromatic N) is 3. The number of rotatable bonds is 4. The summed E-state index contributed by atoms with van der Waals surface area (Å²) in [7, 11) is 0. The van der Waals surface area contributed by atoms with Crippen LogP contribution < -0.4 is 4.74 Å². The Morgan fingerprint density at radius 3 is 2.75 bits per heavy atom. The van der Waals surface area contributed by atoms with Crippen LogP contribution >= 0.6 is 11.6 Å². The average Bonchev–Trinajstić information content (AvgIpc) is 2.75. The molecule has 0 radical (unpaired) electrons. The molecular weight excluding hydrogens is 295 g/mol. The maximum atomic E-state index is 12.6. The molecule has 0 saturated heterocycles. The molecule has 0 amide bonds. The number of aromatic nitrogens is 3. The molecule has 2 rings (SSSR count). The van der Waals surface area contributed by atoms with E-state index in [1.165, 1.54) is 6.20 Å². The van der Waals surface area contributed by atoms with Crippen LogP contribution in [0.2, 0.25) is 5.15 Å². The normalized spacial score (nSPS) is 11.7. The van der Waals surface area contributed by atoms with Crippen LogP contribution in [0.5, 0.6) is 11.6 Å². The van der Waals surface area contributed by atoms with Gasteiger partial charge in [0.25, 0.3) is 0 Å². The summed E-state index contributed by atoms with van der Waals surface area (Å²) in [6, 6.07) is 1.54. The molecule has 0 N–H and O–H groups in total. The third kappa shape index (κ3) is 3.63. The first-order valence-electron chi connectivity index (χ1n) is 5.83. The number of hydrogen-bond donors (Lipinski definition) is 0. The molecule has 0 spiro atoms. The smallest absolute Gasteiger partial charge is 0.416 e. The molecule has 0 saturated carbocycles. The van der Waals surface area contributed by atoms with Crippen LogP contribution in [0.3, 0.4) is 0 Å². The monoisotopic (exact) mass is 305 g/mol. The van der Waals surface area contributed by atoms with E-state index in [0.717, 1.165) is 18.6 Å². The lowest BCUT2D eigenvalue weighted by Crippen LogP contribution is -2.05. The van der Waals surface area contributed by atoms with Crippen molar-refractivity contribution in [1.29, 1.82) is 0 Å². The quantitative estimate of drug-likeness (QED) is 0.797. The predicted octanol–water partition coefficient (Wildman–Crippen LogP) is 4.15. The Labute approximate surface area is 118 Å². The largest absolute Gasteiger partial charge is 0.436 e. The van der Waals surface area contributed by atoms with Crippen LogP contribution in [0.1, 0.15) is 18.9 Å². The fraction of sp³-hybridized carbons (Fsp3) is 0.333. The summed E-state index contributed by atoms with van der Waals surface area (Å²) >= 11 is 5.57. The van der Waals surface area contributed by atoms with Crippen molar-refractivity contribution in [3.8, 4) is 11.6 Å². The molecule has 0 bridgehead atoms. The molecule has 2 aromatic rings. The molecule has 4 nitrogen and oxygen atoms in total. The molecular formula is C12H11ClF3N3O. The second-order valence-electron chi connectivity index (χ2n) is 4.06. The van der Waals surface area contributed by atoms with E-state index >= 15 is 0 Å². The molecule has 0 aliphatic heterocycles. The Morgan fingerprint density at radius 2 is 2.10 bits per heavy atom. The van der Waals surface area contributed by atoms with Crippen LogP contribution in [0.15, 0.2) is 24.5 Å². The number of halogens is 4. The highest BCUT2D eigenvalue weighted by Gasteiger charge is 2.31. The van der Waals surface area contributed by atoms with Gasteiger partial charge < -0.3 is 4.74 Å². The molecule has 20 heavy (non-hydrogen) atoms. The summed E-state index contributed by atoms with van der Waals surface area (Å²) in [5.74, 6) is 0.0854. The molecule has 108 valence electrons. The van der Waals surface area contributed by atoms with Crippen molar-refractivity contribution in [3.63, 3.8) is 0 Å². The van der Waals surface area contributed by atoms with Gasteiger partial charge in [-0.15, -0.1) is 0 Å². The van der Waals surface area contributed by atoms with Crippen LogP contribution in [0.25, 0.3) is 0 Å². The lowest BCUT2D eigenvalue weighted by atomic mass is 10.2. The van der Waals surface area contributed by atoms with E-state index in [9.17, 15) is 13.2 Å². The van der Waals surface area contributed by atoms with E-state index in [0.29, 0.717) is 12.3 Å². The van der Waals surface area contributed by atoms with Crippen molar-refractivity contribution in [1.82, 2.24) is 14.8 Å². The Balaban J connectivity index is 2.22. The van der Waals surface area contributed by atoms with E-state index in [-0.39, 0.29) is 11.0 Å². The molecule has 0 unspecified atom stereocenters. The van der Waals surface area contributed by atoms with E-state index in [1.54, 1.807) is 10.9 Å². The molecule has 0 aliphatic rings. The van der Waals surface area contributed by atoms with Gasteiger partial charge in [-0.1, -0.05) is 18.5 Å². The van der Waals surface area contributed by atoms with Gasteiger partial charge in [-0.3, -0.25) is 4.68 Å². The highest BCUT2D eigenvalue weighted by Crippen LogP contribution is 2.33. The first-order chi connectivity index (χ1) is 9.38. The van der Waals surface area contributed by atoms with Crippen molar-refractivity contribution < 1.29 is 17.9 Å². The summed E-state index contributed by atoms with van der Waals surface area (Å²) in [6.45, 7) is 2.68. The van der Waals surface area contributed by atoms with Gasteiger partial charge in [0.05, 0.1) is 18.0 Å². The minimum Gasteiger partial charge on any atom is -0.436 e. The van der Waals surface area contributed by atoms with Crippen molar-refractivity contribution >= 4 is 11.6 Å². The van der Waals surface area contributed by atoms with E-state index in [4.69, 9.17) is 16.3 Å². The fourth-order valence-corrected chi connectivity index (χ4v) is 1.76. The zero-order chi connectivity index (χ0) is 14.8. The maximum Gasteiger partial charge on any atom is 0.416 e. The van der Waals surface area contributed by atoms with Gasteiger partial charge in [0.2, 0.25) is 5.88 Å². The van der Waals surface area contributed by atoms with E-state index in [2.05, 4.69) is 10.1 Å². The number of aryl methyl sites for hydroxylation is 1. The molecule has 0 aromatic carbocycles. The highest BCUT2D eigenvalue weighted by molar-refractivity contribution is 6.29. The SMILES string of the molecule is CCCn1cc(Oc2cc(C(F)(F)F)cc(Cl)n2)cn1. The summed E-state index contributed by atoms with van der Waals surface area (Å²) in [6.07, 6.45) is -0.628. The first kappa shape index (κ1) is 14.6. The van der Waals surface area contributed by atoms with Crippen molar-refractivity contribution in [3.05, 3.63) is 35.2 Å². The van der Waals surface area contributed by atoms with Crippen molar-refractivity contribution in [2.45, 2.75) is 26.1 Å². The molecule has 0 aliphatic carbocycles. The van der Waals surface area contributed by atoms with E-state index < -0.39 is 11.7 Å². The fourth-order valence-electron chi connectivity index (χ4n) is 1.56. The molecule has 2 aromatic heterocycles. The summed E-state index contributed by atoms with van der Waals surface area (Å²) in [5, 5.41) is 3.72. The summed E-state index contributed by atoms with van der Waals surface area (Å²) in [4.78, 5) is 3.70. The molecule has 8 heteroatoms. The van der Waals surface area contributed by atoms with Gasteiger partial charge in [0.1, 0.15) is 5.15 Å². The van der Waals surface area contributed by atoms with E-state index in [1.807, 2.05) is 6.92 Å². The lowest BCUT2D eigenvalue weighted by Gasteiger charge is -2.09. The topological polar surface area (TPSA) is 39.9 Å². The number of hydrogen-bond acceptors (Lipinski definition) is 3. The minimum atomic E-state index is -4.50. The number of pyridine rings is 1.